The van der Waals surface area contributed by atoms with Crippen LogP contribution in [0.5, 0.6) is 0 Å². The minimum atomic E-state index is -0.0650. The van der Waals surface area contributed by atoms with E-state index in [9.17, 15) is 4.39 Å². The normalized spacial score (nSPS) is 23.3. The fraction of sp³-hybridized carbons (Fsp3) is 0.400. The molecule has 2 aliphatic rings. The highest BCUT2D eigenvalue weighted by Gasteiger charge is 2.23. The van der Waals surface area contributed by atoms with E-state index in [0.29, 0.717) is 18.4 Å². The molecule has 5 rings (SSSR count). The van der Waals surface area contributed by atoms with E-state index in [2.05, 4.69) is 54.2 Å². The number of aromatic nitrogens is 3. The highest BCUT2D eigenvalue weighted by molar-refractivity contribution is 9.10. The summed E-state index contributed by atoms with van der Waals surface area (Å²) < 4.78 is 17.2. The molecule has 188 valence electrons. The van der Waals surface area contributed by atoms with E-state index in [1.54, 1.807) is 18.3 Å². The first-order valence-corrected chi connectivity index (χ1v) is 14.0. The highest BCUT2D eigenvalue weighted by Crippen LogP contribution is 2.36. The SMILES string of the molecule is Fc1ccccc1CCC1CCCC(C2=C\CCc3c(Br)cnn3/C(NCc3cccnc3)=C\2)CC1. The first-order chi connectivity index (χ1) is 17.7. The molecule has 0 spiro atoms. The predicted molar refractivity (Wildman–Crippen MR) is 146 cm³/mol. The van der Waals surface area contributed by atoms with Crippen LogP contribution in [0.25, 0.3) is 5.82 Å². The third kappa shape index (κ3) is 6.15. The summed E-state index contributed by atoms with van der Waals surface area (Å²) in [4.78, 5) is 4.25. The average molecular weight is 550 g/mol. The second kappa shape index (κ2) is 12.0. The van der Waals surface area contributed by atoms with Crippen molar-refractivity contribution >= 4 is 21.8 Å². The number of pyridine rings is 1. The second-order valence-corrected chi connectivity index (χ2v) is 10.9. The molecule has 2 aromatic heterocycles. The van der Waals surface area contributed by atoms with Gasteiger partial charge in [0.1, 0.15) is 11.6 Å². The van der Waals surface area contributed by atoms with Gasteiger partial charge in [0.15, 0.2) is 0 Å². The van der Waals surface area contributed by atoms with Crippen molar-refractivity contribution in [3.63, 3.8) is 0 Å². The molecule has 1 N–H and O–H groups in total. The Labute approximate surface area is 221 Å². The van der Waals surface area contributed by atoms with Gasteiger partial charge in [0.25, 0.3) is 0 Å². The molecule has 3 heterocycles. The minimum Gasteiger partial charge on any atom is -0.366 e. The first-order valence-electron chi connectivity index (χ1n) is 13.2. The van der Waals surface area contributed by atoms with Crippen LogP contribution < -0.4 is 5.32 Å². The van der Waals surface area contributed by atoms with Gasteiger partial charge in [0.2, 0.25) is 0 Å². The van der Waals surface area contributed by atoms with Crippen molar-refractivity contribution in [1.82, 2.24) is 20.1 Å². The summed E-state index contributed by atoms with van der Waals surface area (Å²) in [6.45, 7) is 0.701. The Morgan fingerprint density at radius 2 is 1.97 bits per heavy atom. The Hall–Kier alpha value is -2.73. The zero-order valence-corrected chi connectivity index (χ0v) is 22.3. The summed E-state index contributed by atoms with van der Waals surface area (Å²) in [6, 6.07) is 11.3. The number of hydrogen-bond donors (Lipinski definition) is 1. The van der Waals surface area contributed by atoms with E-state index in [0.717, 1.165) is 47.1 Å². The summed E-state index contributed by atoms with van der Waals surface area (Å²) in [6.07, 6.45) is 20.3. The Bertz CT molecular complexity index is 1220. The Morgan fingerprint density at radius 1 is 1.06 bits per heavy atom. The molecule has 0 bridgehead atoms. The van der Waals surface area contributed by atoms with Crippen LogP contribution in [0.3, 0.4) is 0 Å². The predicted octanol–water partition coefficient (Wildman–Crippen LogP) is 7.47. The molecule has 36 heavy (non-hydrogen) atoms. The van der Waals surface area contributed by atoms with E-state index in [-0.39, 0.29) is 5.82 Å². The molecule has 0 radical (unpaired) electrons. The van der Waals surface area contributed by atoms with Crippen LogP contribution in [0.4, 0.5) is 4.39 Å². The standard InChI is InChI=1S/C30H34BrFN4/c31-27-21-35-36-29(27)12-4-10-26(18-30(36)34-20-23-7-5-17-33-19-23)24-9-3-6-22(13-15-24)14-16-25-8-1-2-11-28(25)32/h1-2,5,7-8,10-11,17-19,21-22,24,34H,3-4,6,9,12-16,20H2/b26-10-,30-18-. The van der Waals surface area contributed by atoms with Gasteiger partial charge in [-0.05, 0) is 108 Å². The lowest BCUT2D eigenvalue weighted by Crippen LogP contribution is -2.21. The van der Waals surface area contributed by atoms with Gasteiger partial charge in [-0.15, -0.1) is 0 Å². The molecule has 0 amide bonds. The van der Waals surface area contributed by atoms with Crippen LogP contribution in [0.1, 0.15) is 61.8 Å². The first kappa shape index (κ1) is 24.9. The number of halogens is 2. The summed E-state index contributed by atoms with van der Waals surface area (Å²) in [5, 5.41) is 8.32. The van der Waals surface area contributed by atoms with Gasteiger partial charge in [0.05, 0.1) is 16.4 Å². The summed E-state index contributed by atoms with van der Waals surface area (Å²) in [5.41, 5.74) is 4.63. The van der Waals surface area contributed by atoms with Crippen LogP contribution in [0, 0.1) is 17.7 Å². The maximum Gasteiger partial charge on any atom is 0.128 e. The topological polar surface area (TPSA) is 42.7 Å². The van der Waals surface area contributed by atoms with Gasteiger partial charge >= 0.3 is 0 Å². The van der Waals surface area contributed by atoms with Gasteiger partial charge in [-0.2, -0.15) is 5.10 Å². The van der Waals surface area contributed by atoms with Crippen molar-refractivity contribution in [2.75, 3.05) is 0 Å². The van der Waals surface area contributed by atoms with E-state index in [1.807, 2.05) is 30.6 Å². The molecular weight excluding hydrogens is 515 g/mol. The number of nitrogens with zero attached hydrogens (tertiary/aromatic N) is 3. The van der Waals surface area contributed by atoms with Gasteiger partial charge in [-0.25, -0.2) is 9.07 Å². The lowest BCUT2D eigenvalue weighted by atomic mass is 9.88. The zero-order valence-electron chi connectivity index (χ0n) is 20.7. The Kier molecular flexibility index (Phi) is 8.32. The van der Waals surface area contributed by atoms with Crippen molar-refractivity contribution in [2.24, 2.45) is 11.8 Å². The van der Waals surface area contributed by atoms with Crippen LogP contribution in [-0.4, -0.2) is 14.8 Å². The quantitative estimate of drug-likeness (QED) is 0.311. The molecule has 1 aliphatic carbocycles. The van der Waals surface area contributed by atoms with Crippen molar-refractivity contribution in [3.05, 3.63) is 99.8 Å². The summed E-state index contributed by atoms with van der Waals surface area (Å²) in [5.74, 6) is 2.18. The molecule has 3 aromatic rings. The average Bonchev–Trinajstić information content (AvgIpc) is 3.09. The molecule has 2 unspecified atom stereocenters. The number of hydrogen-bond acceptors (Lipinski definition) is 3. The second-order valence-electron chi connectivity index (χ2n) is 10.0. The van der Waals surface area contributed by atoms with Gasteiger partial charge in [0, 0.05) is 18.9 Å². The lowest BCUT2D eigenvalue weighted by Gasteiger charge is -2.22. The minimum absolute atomic E-state index is 0.0650. The number of nitrogens with one attached hydrogen (secondary N) is 1. The molecule has 6 heteroatoms. The number of benzene rings is 1. The third-order valence-corrected chi connectivity index (χ3v) is 8.31. The number of allylic oxidation sites excluding steroid dienone is 3. The van der Waals surface area contributed by atoms with E-state index >= 15 is 0 Å². The summed E-state index contributed by atoms with van der Waals surface area (Å²) in [7, 11) is 0. The maximum absolute atomic E-state index is 14.1. The van der Waals surface area contributed by atoms with Gasteiger partial charge in [-0.3, -0.25) is 4.98 Å². The molecule has 1 saturated carbocycles. The van der Waals surface area contributed by atoms with Crippen LogP contribution in [-0.2, 0) is 19.4 Å². The Balaban J connectivity index is 1.29. The molecule has 0 saturated heterocycles. The number of rotatable bonds is 7. The van der Waals surface area contributed by atoms with Gasteiger partial charge in [-0.1, -0.05) is 43.2 Å². The van der Waals surface area contributed by atoms with E-state index in [1.165, 1.54) is 43.4 Å². The van der Waals surface area contributed by atoms with Crippen molar-refractivity contribution in [1.29, 1.82) is 0 Å². The molecule has 1 fully saturated rings. The van der Waals surface area contributed by atoms with Crippen molar-refractivity contribution < 1.29 is 4.39 Å². The maximum atomic E-state index is 14.1. The summed E-state index contributed by atoms with van der Waals surface area (Å²) >= 11 is 3.69. The monoisotopic (exact) mass is 548 g/mol. The van der Waals surface area contributed by atoms with Crippen LogP contribution >= 0.6 is 15.9 Å². The smallest absolute Gasteiger partial charge is 0.128 e. The number of aryl methyl sites for hydroxylation is 1. The molecular formula is C30H34BrFN4. The van der Waals surface area contributed by atoms with Crippen molar-refractivity contribution in [2.45, 2.75) is 64.3 Å². The van der Waals surface area contributed by atoms with Crippen molar-refractivity contribution in [3.8, 4) is 0 Å². The molecule has 2 atom stereocenters. The fourth-order valence-electron chi connectivity index (χ4n) is 5.61. The number of fused-ring (bicyclic) bond motifs is 1. The zero-order chi connectivity index (χ0) is 24.7. The van der Waals surface area contributed by atoms with E-state index < -0.39 is 0 Å². The van der Waals surface area contributed by atoms with Crippen LogP contribution in [0.15, 0.2) is 77.2 Å². The third-order valence-electron chi connectivity index (χ3n) is 7.65. The molecule has 1 aromatic carbocycles. The highest BCUT2D eigenvalue weighted by atomic mass is 79.9. The van der Waals surface area contributed by atoms with Gasteiger partial charge < -0.3 is 5.32 Å². The van der Waals surface area contributed by atoms with E-state index in [4.69, 9.17) is 0 Å². The lowest BCUT2D eigenvalue weighted by molar-refractivity contribution is 0.419. The molecule has 1 aliphatic heterocycles. The molecule has 4 nitrogen and oxygen atoms in total. The largest absolute Gasteiger partial charge is 0.366 e. The fourth-order valence-corrected chi connectivity index (χ4v) is 6.06. The van der Waals surface area contributed by atoms with Crippen LogP contribution in [0.2, 0.25) is 0 Å². The Morgan fingerprint density at radius 3 is 2.83 bits per heavy atom.